The average molecular weight is 412 g/mol. The van der Waals surface area contributed by atoms with E-state index in [1.54, 1.807) is 20.1 Å². The van der Waals surface area contributed by atoms with Crippen LogP contribution in [0.25, 0.3) is 10.6 Å². The average Bonchev–Trinajstić information content (AvgIpc) is 2.71. The van der Waals surface area contributed by atoms with E-state index in [1.807, 2.05) is 0 Å². The topological polar surface area (TPSA) is 0 Å². The van der Waals surface area contributed by atoms with Crippen molar-refractivity contribution in [2.75, 3.05) is 0 Å². The van der Waals surface area contributed by atoms with Crippen molar-refractivity contribution in [2.24, 2.45) is 0 Å². The van der Waals surface area contributed by atoms with E-state index < -0.39 is 18.2 Å². The molecule has 0 aliphatic rings. The van der Waals surface area contributed by atoms with E-state index in [0.717, 1.165) is 7.87 Å². The zero-order valence-corrected chi connectivity index (χ0v) is 15.8. The molecule has 1 aromatic heterocycles. The normalized spacial score (nSPS) is 11.1. The fourth-order valence-electron chi connectivity index (χ4n) is 0.877. The minimum atomic E-state index is -2.13. The molecule has 0 saturated carbocycles. The van der Waals surface area contributed by atoms with Crippen molar-refractivity contribution in [3.8, 4) is 10.6 Å². The van der Waals surface area contributed by atoms with Gasteiger partial charge in [-0.15, -0.1) is 0 Å². The molecule has 1 atom stereocenters. The molecular formula is C7H6Cl3P4Zr. The zero-order valence-electron chi connectivity index (χ0n) is 7.36. The van der Waals surface area contributed by atoms with Gasteiger partial charge in [0.15, 0.2) is 0 Å². The first-order chi connectivity index (χ1) is 7.20. The van der Waals surface area contributed by atoms with Gasteiger partial charge in [0, 0.05) is 5.03 Å². The van der Waals surface area contributed by atoms with Crippen molar-refractivity contribution in [1.29, 1.82) is 0 Å². The third-order valence-electron chi connectivity index (χ3n) is 1.39. The van der Waals surface area contributed by atoms with Gasteiger partial charge < -0.3 is 0 Å². The van der Waals surface area contributed by atoms with E-state index in [0.29, 0.717) is 0 Å². The van der Waals surface area contributed by atoms with Gasteiger partial charge in [-0.1, -0.05) is 38.2 Å². The van der Waals surface area contributed by atoms with Gasteiger partial charge in [-0.2, -0.15) is 0 Å². The Morgan fingerprint density at radius 1 is 1.07 bits per heavy atom. The van der Waals surface area contributed by atoms with Gasteiger partial charge in [-0.05, 0) is 28.5 Å². The monoisotopic (exact) mass is 409 g/mol. The summed E-state index contributed by atoms with van der Waals surface area (Å²) in [7, 11) is 20.7. The summed E-state index contributed by atoms with van der Waals surface area (Å²) < 4.78 is 0. The molecule has 1 heterocycles. The SMILES string of the molecule is [Cl][Zr]([Cl])[Cl].c1ccc(-c2ppp[pH]2)cc1. The van der Waals surface area contributed by atoms with E-state index in [-0.39, 0.29) is 0 Å². The Morgan fingerprint density at radius 3 is 2.13 bits per heavy atom. The van der Waals surface area contributed by atoms with Crippen LogP contribution < -0.4 is 0 Å². The van der Waals surface area contributed by atoms with E-state index in [9.17, 15) is 0 Å². The summed E-state index contributed by atoms with van der Waals surface area (Å²) in [5, 5.41) is 1.63. The van der Waals surface area contributed by atoms with Gasteiger partial charge in [0.25, 0.3) is 0 Å². The quantitative estimate of drug-likeness (QED) is 0.466. The van der Waals surface area contributed by atoms with Crippen LogP contribution in [-0.2, 0) is 18.2 Å². The summed E-state index contributed by atoms with van der Waals surface area (Å²) in [6.45, 7) is 0. The number of hydrogen-bond donors (Lipinski definition) is 0. The summed E-state index contributed by atoms with van der Waals surface area (Å²) in [6, 6.07) is 10.7. The van der Waals surface area contributed by atoms with Crippen LogP contribution in [0.4, 0.5) is 0 Å². The van der Waals surface area contributed by atoms with Gasteiger partial charge in [-0.3, -0.25) is 0 Å². The van der Waals surface area contributed by atoms with Crippen LogP contribution in [0.3, 0.4) is 0 Å². The van der Waals surface area contributed by atoms with Crippen molar-refractivity contribution in [2.45, 2.75) is 0 Å². The Bertz CT molecular complexity index is 364. The van der Waals surface area contributed by atoms with E-state index in [2.05, 4.69) is 30.3 Å². The summed E-state index contributed by atoms with van der Waals surface area (Å²) >= 11 is -2.13. The Kier molecular flexibility index (Phi) is 9.10. The first-order valence-corrected chi connectivity index (χ1v) is 19.3. The molecule has 0 aliphatic carbocycles. The molecule has 15 heavy (non-hydrogen) atoms. The Labute approximate surface area is 114 Å². The van der Waals surface area contributed by atoms with Crippen molar-refractivity contribution in [3.63, 3.8) is 0 Å². The molecule has 0 nitrogen and oxygen atoms in total. The molecule has 1 unspecified atom stereocenters. The van der Waals surface area contributed by atoms with Crippen LogP contribution in [0.1, 0.15) is 0 Å². The number of hydrogen-bond acceptors (Lipinski definition) is 0. The second kappa shape index (κ2) is 9.04. The molecule has 0 radical (unpaired) electrons. The molecule has 0 saturated heterocycles. The number of rotatable bonds is 1. The van der Waals surface area contributed by atoms with Gasteiger partial charge in [0.1, 0.15) is 0 Å². The molecule has 0 bridgehead atoms. The standard InChI is InChI=1S/C7H6P4.3ClH.Zr/c1-2-4-6(5-3-1)7-8-10-11-9-7;;;;/h1-5,8H;3*1H;/q;;;;+3/p-3. The zero-order chi connectivity index (χ0) is 11.1. The molecule has 0 aliphatic heterocycles. The molecule has 0 N–H and O–H groups in total. The maximum Gasteiger partial charge on any atom is 0.0349 e. The molecule has 2 aromatic rings. The largest absolute Gasteiger partial charge is 0.0922 e. The van der Waals surface area contributed by atoms with Crippen molar-refractivity contribution in [3.05, 3.63) is 30.3 Å². The maximum atomic E-state index is 5.00. The summed E-state index contributed by atoms with van der Waals surface area (Å²) in [5.41, 5.74) is 1.45. The van der Waals surface area contributed by atoms with Gasteiger partial charge in [-0.25, -0.2) is 0 Å². The molecule has 79 valence electrons. The number of halogens is 3. The molecule has 8 heteroatoms. The van der Waals surface area contributed by atoms with E-state index in [4.69, 9.17) is 25.5 Å². The molecule has 0 fully saturated rings. The third kappa shape index (κ3) is 7.14. The minimum Gasteiger partial charge on any atom is -0.0922 e. The second-order valence-electron chi connectivity index (χ2n) is 2.33. The Hall–Kier alpha value is 2.04. The number of benzene rings is 1. The molecule has 0 amide bonds. The smallest absolute Gasteiger partial charge is 0.0349 e. The third-order valence-corrected chi connectivity index (χ3v) is 11.4. The van der Waals surface area contributed by atoms with Crippen LogP contribution in [0.2, 0.25) is 0 Å². The minimum absolute atomic E-state index is 1.04. The molecule has 1 aromatic carbocycles. The van der Waals surface area contributed by atoms with Crippen LogP contribution in [0.15, 0.2) is 30.3 Å². The maximum absolute atomic E-state index is 5.00. The first kappa shape index (κ1) is 15.1. The van der Waals surface area contributed by atoms with Crippen LogP contribution in [0.5, 0.6) is 0 Å². The van der Waals surface area contributed by atoms with Crippen LogP contribution in [0, 0.1) is 0 Å². The summed E-state index contributed by atoms with van der Waals surface area (Å²) in [6.07, 6.45) is 0. The van der Waals surface area contributed by atoms with Gasteiger partial charge in [0.2, 0.25) is 0 Å². The molecule has 2 rings (SSSR count). The van der Waals surface area contributed by atoms with Crippen LogP contribution in [-0.4, -0.2) is 0 Å². The van der Waals surface area contributed by atoms with Gasteiger partial charge in [0.05, 0.1) is 0 Å². The van der Waals surface area contributed by atoms with Crippen LogP contribution >= 0.6 is 56.4 Å². The fraction of sp³-hybridized carbons (Fsp3) is 0. The molecule has 0 spiro atoms. The Morgan fingerprint density at radius 2 is 1.67 bits per heavy atom. The second-order valence-corrected chi connectivity index (χ2v) is 21.5. The summed E-state index contributed by atoms with van der Waals surface area (Å²) in [4.78, 5) is 0. The van der Waals surface area contributed by atoms with E-state index >= 15 is 0 Å². The van der Waals surface area contributed by atoms with E-state index in [1.165, 1.54) is 13.4 Å². The molecular weight excluding hydrogens is 406 g/mol. The van der Waals surface area contributed by atoms with Crippen molar-refractivity contribution in [1.82, 2.24) is 0 Å². The van der Waals surface area contributed by atoms with Crippen molar-refractivity contribution < 1.29 is 18.2 Å². The van der Waals surface area contributed by atoms with Gasteiger partial charge >= 0.3 is 43.7 Å². The predicted molar refractivity (Wildman–Crippen MR) is 76.5 cm³/mol. The Balaban J connectivity index is 0.000000245. The predicted octanol–water partition coefficient (Wildman–Crippen LogP) is 7.19. The first-order valence-electron chi connectivity index (χ1n) is 3.82. The summed E-state index contributed by atoms with van der Waals surface area (Å²) in [5.74, 6) is 0. The van der Waals surface area contributed by atoms with Crippen molar-refractivity contribution >= 4 is 56.4 Å². The fourth-order valence-corrected chi connectivity index (χ4v) is 12.3.